The molecule has 0 atom stereocenters. The van der Waals surface area contributed by atoms with Crippen LogP contribution in [0, 0.1) is 0 Å². The molecule has 12 rings (SSSR count). The van der Waals surface area contributed by atoms with Gasteiger partial charge in [0, 0.05) is 16.4 Å². The minimum absolute atomic E-state index is 0.152. The van der Waals surface area contributed by atoms with Gasteiger partial charge in [-0.15, -0.1) is 0 Å². The van der Waals surface area contributed by atoms with Crippen LogP contribution in [0.1, 0.15) is 60.3 Å². The second-order valence-electron chi connectivity index (χ2n) is 16.5. The molecule has 0 saturated carbocycles. The van der Waals surface area contributed by atoms with Crippen LogP contribution in [0.25, 0.3) is 99.9 Å². The molecule has 0 fully saturated rings. The quantitative estimate of drug-likeness (QED) is 0.166. The van der Waals surface area contributed by atoms with E-state index in [1.165, 1.54) is 110 Å². The van der Waals surface area contributed by atoms with Gasteiger partial charge in [0.05, 0.1) is 0 Å². The molecule has 266 valence electrons. The highest BCUT2D eigenvalue weighted by atomic mass is 16.3. The topological polar surface area (TPSA) is 13.1 Å². The maximum atomic E-state index is 6.36. The molecular formula is C55H40O. The third-order valence-electron chi connectivity index (χ3n) is 13.2. The second-order valence-corrected chi connectivity index (χ2v) is 16.5. The molecule has 0 aliphatic heterocycles. The predicted molar refractivity (Wildman–Crippen MR) is 237 cm³/mol. The first kappa shape index (κ1) is 31.9. The van der Waals surface area contributed by atoms with Crippen molar-refractivity contribution in [3.8, 4) is 44.5 Å². The van der Waals surface area contributed by atoms with E-state index in [4.69, 9.17) is 4.42 Å². The molecule has 0 radical (unpaired) electrons. The number of benzene rings is 8. The highest BCUT2D eigenvalue weighted by Crippen LogP contribution is 2.54. The predicted octanol–water partition coefficient (Wildman–Crippen LogP) is 15.1. The Balaban J connectivity index is 1.06. The Morgan fingerprint density at radius 1 is 0.464 bits per heavy atom. The maximum absolute atomic E-state index is 6.36. The van der Waals surface area contributed by atoms with Crippen LogP contribution in [0.3, 0.4) is 0 Å². The van der Waals surface area contributed by atoms with Crippen molar-refractivity contribution < 1.29 is 4.42 Å². The largest absolute Gasteiger partial charge is 0.456 e. The first-order valence-electron chi connectivity index (χ1n) is 20.2. The summed E-state index contributed by atoms with van der Waals surface area (Å²) in [7, 11) is 0. The summed E-state index contributed by atoms with van der Waals surface area (Å²) in [5, 5.41) is 9.05. The van der Waals surface area contributed by atoms with Crippen LogP contribution in [-0.2, 0) is 18.3 Å². The Morgan fingerprint density at radius 3 is 1.88 bits per heavy atom. The van der Waals surface area contributed by atoms with Gasteiger partial charge in [-0.1, -0.05) is 141 Å². The van der Waals surface area contributed by atoms with E-state index in [1.54, 1.807) is 0 Å². The summed E-state index contributed by atoms with van der Waals surface area (Å²) in [5.41, 5.74) is 18.3. The summed E-state index contributed by atoms with van der Waals surface area (Å²) in [6.07, 6.45) is 13.2. The van der Waals surface area contributed by atoms with Gasteiger partial charge < -0.3 is 4.42 Å². The Kier molecular flexibility index (Phi) is 6.70. The van der Waals surface area contributed by atoms with Crippen LogP contribution >= 0.6 is 0 Å². The molecule has 1 nitrogen and oxygen atoms in total. The van der Waals surface area contributed by atoms with E-state index in [9.17, 15) is 0 Å². The number of hydrogen-bond donors (Lipinski definition) is 0. The lowest BCUT2D eigenvalue weighted by Crippen LogP contribution is -2.15. The first-order valence-corrected chi connectivity index (χ1v) is 20.2. The third kappa shape index (κ3) is 4.43. The van der Waals surface area contributed by atoms with Crippen molar-refractivity contribution in [3.05, 3.63) is 179 Å². The second kappa shape index (κ2) is 11.8. The van der Waals surface area contributed by atoms with Crippen LogP contribution in [0.5, 0.6) is 0 Å². The van der Waals surface area contributed by atoms with E-state index in [2.05, 4.69) is 172 Å². The lowest BCUT2D eigenvalue weighted by Gasteiger charge is -2.23. The van der Waals surface area contributed by atoms with Gasteiger partial charge in [0.15, 0.2) is 0 Å². The molecule has 1 heterocycles. The summed E-state index contributed by atoms with van der Waals surface area (Å²) < 4.78 is 6.36. The van der Waals surface area contributed by atoms with Crippen LogP contribution in [-0.4, -0.2) is 0 Å². The van der Waals surface area contributed by atoms with E-state index in [1.807, 2.05) is 0 Å². The van der Waals surface area contributed by atoms with Crippen molar-refractivity contribution in [1.82, 2.24) is 0 Å². The summed E-state index contributed by atoms with van der Waals surface area (Å²) in [5.74, 6) is 1.02. The molecule has 1 aromatic heterocycles. The van der Waals surface area contributed by atoms with E-state index >= 15 is 0 Å². The summed E-state index contributed by atoms with van der Waals surface area (Å²) in [6.45, 7) is 4.81. The zero-order valence-electron chi connectivity index (χ0n) is 31.7. The molecule has 0 saturated heterocycles. The van der Waals surface area contributed by atoms with Gasteiger partial charge in [0.1, 0.15) is 11.3 Å². The zero-order chi connectivity index (χ0) is 37.1. The fourth-order valence-electron chi connectivity index (χ4n) is 10.6. The van der Waals surface area contributed by atoms with Gasteiger partial charge in [0.25, 0.3) is 0 Å². The first-order chi connectivity index (χ1) is 27.5. The Morgan fingerprint density at radius 2 is 1.11 bits per heavy atom. The average Bonchev–Trinajstić information content (AvgIpc) is 3.74. The molecule has 0 bridgehead atoms. The van der Waals surface area contributed by atoms with E-state index in [0.29, 0.717) is 0 Å². The highest BCUT2D eigenvalue weighted by Gasteiger charge is 2.37. The maximum Gasteiger partial charge on any atom is 0.135 e. The number of aryl methyl sites for hydroxylation is 1. The molecule has 1 heteroatoms. The smallest absolute Gasteiger partial charge is 0.135 e. The van der Waals surface area contributed by atoms with Gasteiger partial charge in [-0.3, -0.25) is 0 Å². The molecule has 9 aromatic rings. The Hall–Kier alpha value is -6.44. The monoisotopic (exact) mass is 716 g/mol. The zero-order valence-corrected chi connectivity index (χ0v) is 31.7. The van der Waals surface area contributed by atoms with Crippen molar-refractivity contribution >= 4 is 55.4 Å². The normalized spacial score (nSPS) is 15.0. The van der Waals surface area contributed by atoms with E-state index < -0.39 is 0 Å². The minimum Gasteiger partial charge on any atom is -0.456 e. The number of furan rings is 1. The van der Waals surface area contributed by atoms with Crippen LogP contribution in [0.15, 0.2) is 150 Å². The Labute approximate surface area is 327 Å². The van der Waals surface area contributed by atoms with Gasteiger partial charge in [-0.2, -0.15) is 0 Å². The standard InChI is InChI=1S/C55H40O/c1-55(2)47-29-27-44-43(28-30-50-54(44)46-22-9-10-24-49(46)56-50)53(47)45-26-25-36(32-48(45)55)52-41-20-7-5-18-39(41)51(40-19-6-8-21-42(40)52)35-16-11-15-34(31-35)38-23-12-14-33-13-3-4-17-37(33)38/h3,5-8,10-16,18-21,23-32H,4,9,17,22H2,1-2H3. The summed E-state index contributed by atoms with van der Waals surface area (Å²) in [6, 6.07) is 50.7. The minimum atomic E-state index is -0.152. The number of fused-ring (bicyclic) bond motifs is 12. The molecule has 0 N–H and O–H groups in total. The molecule has 3 aliphatic carbocycles. The molecule has 3 aliphatic rings. The van der Waals surface area contributed by atoms with Gasteiger partial charge in [-0.25, -0.2) is 0 Å². The fraction of sp³-hybridized carbons (Fsp3) is 0.127. The van der Waals surface area contributed by atoms with Crippen molar-refractivity contribution in [2.24, 2.45) is 0 Å². The van der Waals surface area contributed by atoms with Crippen molar-refractivity contribution in [1.29, 1.82) is 0 Å². The molecule has 56 heavy (non-hydrogen) atoms. The lowest BCUT2D eigenvalue weighted by molar-refractivity contribution is 0.595. The number of rotatable bonds is 3. The highest BCUT2D eigenvalue weighted by molar-refractivity contribution is 6.22. The SMILES string of the molecule is CC1(C)c2cc(-c3c4ccccc4c(-c4cccc(-c5cccc6c5CCC=C6)c4)c4ccccc34)ccc2-c2c1ccc1c2ccc2oc3c(c21)CCC=C3. The van der Waals surface area contributed by atoms with E-state index in [-0.39, 0.29) is 5.41 Å². The number of hydrogen-bond acceptors (Lipinski definition) is 1. The van der Waals surface area contributed by atoms with E-state index in [0.717, 1.165) is 37.0 Å². The van der Waals surface area contributed by atoms with Crippen molar-refractivity contribution in [3.63, 3.8) is 0 Å². The lowest BCUT2D eigenvalue weighted by atomic mass is 9.80. The van der Waals surface area contributed by atoms with Gasteiger partial charge >= 0.3 is 0 Å². The van der Waals surface area contributed by atoms with Crippen molar-refractivity contribution in [2.75, 3.05) is 0 Å². The molecular weight excluding hydrogens is 677 g/mol. The number of allylic oxidation sites excluding steroid dienone is 2. The van der Waals surface area contributed by atoms with Crippen LogP contribution < -0.4 is 0 Å². The van der Waals surface area contributed by atoms with Gasteiger partial charge in [0.2, 0.25) is 0 Å². The average molecular weight is 717 g/mol. The van der Waals surface area contributed by atoms with Gasteiger partial charge in [-0.05, 0) is 155 Å². The molecule has 8 aromatic carbocycles. The van der Waals surface area contributed by atoms with Crippen LogP contribution in [0.4, 0.5) is 0 Å². The van der Waals surface area contributed by atoms with Crippen molar-refractivity contribution in [2.45, 2.75) is 44.9 Å². The van der Waals surface area contributed by atoms with Crippen LogP contribution in [0.2, 0.25) is 0 Å². The summed E-state index contributed by atoms with van der Waals surface area (Å²) >= 11 is 0. The third-order valence-corrected chi connectivity index (χ3v) is 13.2. The molecule has 0 unspecified atom stereocenters. The molecule has 0 spiro atoms. The Bertz CT molecular complexity index is 3160. The fourth-order valence-corrected chi connectivity index (χ4v) is 10.6. The molecule has 0 amide bonds. The summed E-state index contributed by atoms with van der Waals surface area (Å²) in [4.78, 5) is 0.